The molecule has 6 heteroatoms. The Morgan fingerprint density at radius 2 is 1.82 bits per heavy atom. The Morgan fingerprint density at radius 1 is 1.11 bits per heavy atom. The highest BCUT2D eigenvalue weighted by atomic mass is 16.4. The number of carbonyl (C=O) groups excluding carboxylic acids is 1. The van der Waals surface area contributed by atoms with Gasteiger partial charge in [0.15, 0.2) is 0 Å². The smallest absolute Gasteiger partial charge is 0.339 e. The summed E-state index contributed by atoms with van der Waals surface area (Å²) in [5.74, 6) is -0.185. The van der Waals surface area contributed by atoms with Crippen LogP contribution in [0.1, 0.15) is 34.8 Å². The Hall–Kier alpha value is -3.12. The van der Waals surface area contributed by atoms with Gasteiger partial charge in [-0.1, -0.05) is 30.3 Å². The number of aliphatic hydroxyl groups excluding tert-OH is 1. The van der Waals surface area contributed by atoms with E-state index in [-0.39, 0.29) is 31.0 Å². The molecule has 28 heavy (non-hydrogen) atoms. The van der Waals surface area contributed by atoms with Gasteiger partial charge in [-0.05, 0) is 43.5 Å². The number of phenols is 1. The van der Waals surface area contributed by atoms with Crippen molar-refractivity contribution in [1.29, 1.82) is 0 Å². The number of hydrogen-bond acceptors (Lipinski definition) is 5. The average molecular weight is 381 g/mol. The number of carbonyl (C=O) groups is 1. The van der Waals surface area contributed by atoms with E-state index in [1.165, 1.54) is 0 Å². The molecule has 0 spiro atoms. The van der Waals surface area contributed by atoms with Crippen LogP contribution < -0.4 is 10.9 Å². The van der Waals surface area contributed by atoms with Gasteiger partial charge < -0.3 is 19.9 Å². The number of amides is 1. The van der Waals surface area contributed by atoms with Crippen LogP contribution in [0.3, 0.4) is 0 Å². The van der Waals surface area contributed by atoms with E-state index in [4.69, 9.17) is 4.42 Å². The molecule has 0 saturated heterocycles. The fourth-order valence-corrected chi connectivity index (χ4v) is 3.20. The third-order valence-electron chi connectivity index (χ3n) is 4.95. The van der Waals surface area contributed by atoms with Crippen LogP contribution in [-0.2, 0) is 11.2 Å². The molecule has 0 fully saturated rings. The van der Waals surface area contributed by atoms with Crippen molar-refractivity contribution in [3.63, 3.8) is 0 Å². The average Bonchev–Trinajstić information content (AvgIpc) is 2.69. The Morgan fingerprint density at radius 3 is 2.54 bits per heavy atom. The third kappa shape index (κ3) is 4.07. The third-order valence-corrected chi connectivity index (χ3v) is 4.95. The number of fused-ring (bicyclic) bond motifs is 1. The van der Waals surface area contributed by atoms with E-state index < -0.39 is 11.7 Å². The van der Waals surface area contributed by atoms with Crippen LogP contribution in [0.15, 0.2) is 51.7 Å². The Labute approximate surface area is 162 Å². The molecule has 2 aromatic carbocycles. The number of benzene rings is 2. The molecule has 146 valence electrons. The summed E-state index contributed by atoms with van der Waals surface area (Å²) in [4.78, 5) is 24.5. The van der Waals surface area contributed by atoms with Crippen molar-refractivity contribution in [2.75, 3.05) is 6.54 Å². The standard InChI is InChI=1S/C22H23NO5/c1-13-16-8-10-18(24)14(2)21(16)28-22(27)17(13)9-11-20(26)23-12-19(25)15-6-4-3-5-7-15/h3-8,10,19,24-25H,9,11-12H2,1-2H3,(H,23,26)/t19-/m0/s1. The molecule has 0 unspecified atom stereocenters. The van der Waals surface area contributed by atoms with E-state index in [2.05, 4.69) is 5.32 Å². The fraction of sp³-hybridized carbons (Fsp3) is 0.273. The second-order valence-corrected chi connectivity index (χ2v) is 6.81. The summed E-state index contributed by atoms with van der Waals surface area (Å²) in [7, 11) is 0. The first-order valence-corrected chi connectivity index (χ1v) is 9.13. The maximum atomic E-state index is 12.4. The minimum atomic E-state index is -0.784. The summed E-state index contributed by atoms with van der Waals surface area (Å²) in [6, 6.07) is 12.4. The lowest BCUT2D eigenvalue weighted by Gasteiger charge is -2.13. The van der Waals surface area contributed by atoms with Crippen molar-refractivity contribution in [3.8, 4) is 5.75 Å². The van der Waals surface area contributed by atoms with Crippen molar-refractivity contribution in [3.05, 3.63) is 75.1 Å². The quantitative estimate of drug-likeness (QED) is 0.570. The van der Waals surface area contributed by atoms with E-state index in [1.807, 2.05) is 25.1 Å². The lowest BCUT2D eigenvalue weighted by molar-refractivity contribution is -0.121. The molecule has 3 aromatic rings. The predicted octanol–water partition coefficient (Wildman–Crippen LogP) is 2.90. The molecule has 0 aliphatic rings. The molecule has 3 N–H and O–H groups in total. The topological polar surface area (TPSA) is 99.8 Å². The number of aromatic hydroxyl groups is 1. The highest BCUT2D eigenvalue weighted by Crippen LogP contribution is 2.28. The second kappa shape index (κ2) is 8.27. The van der Waals surface area contributed by atoms with E-state index in [1.54, 1.807) is 31.2 Å². The Bertz CT molecular complexity index is 1060. The first-order valence-electron chi connectivity index (χ1n) is 9.13. The minimum absolute atomic E-state index is 0.0687. The molecule has 1 aromatic heterocycles. The summed E-state index contributed by atoms with van der Waals surface area (Å²) in [6.07, 6.45) is -0.444. The Balaban J connectivity index is 1.67. The number of phenolic OH excluding ortho intramolecular Hbond substituents is 1. The van der Waals surface area contributed by atoms with Gasteiger partial charge >= 0.3 is 5.63 Å². The molecule has 0 radical (unpaired) electrons. The molecular weight excluding hydrogens is 358 g/mol. The van der Waals surface area contributed by atoms with Gasteiger partial charge in [0.25, 0.3) is 0 Å². The van der Waals surface area contributed by atoms with E-state index >= 15 is 0 Å². The van der Waals surface area contributed by atoms with Gasteiger partial charge in [0.1, 0.15) is 11.3 Å². The summed E-state index contributed by atoms with van der Waals surface area (Å²) in [5, 5.41) is 23.3. The molecule has 3 rings (SSSR count). The van der Waals surface area contributed by atoms with E-state index in [0.717, 1.165) is 16.5 Å². The van der Waals surface area contributed by atoms with Gasteiger partial charge in [-0.15, -0.1) is 0 Å². The number of aryl methyl sites for hydroxylation is 2. The first-order chi connectivity index (χ1) is 13.4. The minimum Gasteiger partial charge on any atom is -0.508 e. The first kappa shape index (κ1) is 19.6. The van der Waals surface area contributed by atoms with Gasteiger partial charge in [-0.2, -0.15) is 0 Å². The normalized spacial score (nSPS) is 12.1. The second-order valence-electron chi connectivity index (χ2n) is 6.81. The summed E-state index contributed by atoms with van der Waals surface area (Å²) < 4.78 is 5.39. The lowest BCUT2D eigenvalue weighted by atomic mass is 10.0. The number of nitrogens with one attached hydrogen (secondary N) is 1. The largest absolute Gasteiger partial charge is 0.508 e. The summed E-state index contributed by atoms with van der Waals surface area (Å²) in [5.41, 5.74) is 2.28. The molecule has 1 heterocycles. The highest BCUT2D eigenvalue weighted by Gasteiger charge is 2.16. The van der Waals surface area contributed by atoms with Crippen LogP contribution in [0.5, 0.6) is 5.75 Å². The zero-order valence-corrected chi connectivity index (χ0v) is 15.9. The number of rotatable bonds is 6. The molecule has 6 nitrogen and oxygen atoms in total. The highest BCUT2D eigenvalue weighted by molar-refractivity contribution is 5.85. The Kier molecular flexibility index (Phi) is 5.80. The number of hydrogen-bond donors (Lipinski definition) is 3. The molecule has 1 amide bonds. The fourth-order valence-electron chi connectivity index (χ4n) is 3.20. The molecule has 0 aliphatic carbocycles. The maximum absolute atomic E-state index is 12.4. The zero-order chi connectivity index (χ0) is 20.3. The van der Waals surface area contributed by atoms with Crippen LogP contribution in [0, 0.1) is 13.8 Å². The van der Waals surface area contributed by atoms with Gasteiger partial charge in [-0.3, -0.25) is 4.79 Å². The van der Waals surface area contributed by atoms with Crippen LogP contribution in [0.2, 0.25) is 0 Å². The SMILES string of the molecule is Cc1c(CCC(=O)NC[C@H](O)c2ccccc2)c(=O)oc2c(C)c(O)ccc12. The molecule has 0 saturated carbocycles. The van der Waals surface area contributed by atoms with Gasteiger partial charge in [0, 0.05) is 29.5 Å². The van der Waals surface area contributed by atoms with Crippen LogP contribution in [0.25, 0.3) is 11.0 Å². The van der Waals surface area contributed by atoms with Crippen molar-refractivity contribution in [2.24, 2.45) is 0 Å². The molecule has 0 aliphatic heterocycles. The molecule has 0 bridgehead atoms. The van der Waals surface area contributed by atoms with Crippen LogP contribution in [-0.4, -0.2) is 22.7 Å². The molecule has 1 atom stereocenters. The van der Waals surface area contributed by atoms with Gasteiger partial charge in [0.05, 0.1) is 6.10 Å². The van der Waals surface area contributed by atoms with E-state index in [0.29, 0.717) is 16.7 Å². The van der Waals surface area contributed by atoms with Gasteiger partial charge in [-0.25, -0.2) is 4.79 Å². The zero-order valence-electron chi connectivity index (χ0n) is 15.9. The predicted molar refractivity (Wildman–Crippen MR) is 106 cm³/mol. The lowest BCUT2D eigenvalue weighted by Crippen LogP contribution is -2.29. The summed E-state index contributed by atoms with van der Waals surface area (Å²) in [6.45, 7) is 3.60. The van der Waals surface area contributed by atoms with Gasteiger partial charge in [0.2, 0.25) is 5.91 Å². The van der Waals surface area contributed by atoms with Crippen molar-refractivity contribution >= 4 is 16.9 Å². The van der Waals surface area contributed by atoms with E-state index in [9.17, 15) is 19.8 Å². The maximum Gasteiger partial charge on any atom is 0.339 e. The van der Waals surface area contributed by atoms with Crippen molar-refractivity contribution in [2.45, 2.75) is 32.8 Å². The monoisotopic (exact) mass is 381 g/mol. The summed E-state index contributed by atoms with van der Waals surface area (Å²) >= 11 is 0. The van der Waals surface area contributed by atoms with Crippen LogP contribution in [0.4, 0.5) is 0 Å². The molecular formula is C22H23NO5. The van der Waals surface area contributed by atoms with Crippen molar-refractivity contribution in [1.82, 2.24) is 5.32 Å². The van der Waals surface area contributed by atoms with Crippen molar-refractivity contribution < 1.29 is 19.4 Å². The number of aliphatic hydroxyl groups is 1. The van der Waals surface area contributed by atoms with Crippen LogP contribution >= 0.6 is 0 Å².